The van der Waals surface area contributed by atoms with Crippen LogP contribution in [0, 0.1) is 5.82 Å². The molecule has 0 heterocycles. The van der Waals surface area contributed by atoms with Gasteiger partial charge >= 0.3 is 0 Å². The van der Waals surface area contributed by atoms with E-state index in [1.807, 2.05) is 0 Å². The third kappa shape index (κ3) is 2.33. The number of carbonyl (C=O) groups excluding carboxylic acids is 1. The van der Waals surface area contributed by atoms with Gasteiger partial charge in [-0.1, -0.05) is 24.3 Å². The summed E-state index contributed by atoms with van der Waals surface area (Å²) in [5.41, 5.74) is 0.410. The number of fused-ring (bicyclic) bond motifs is 1. The molecule has 0 aliphatic carbocycles. The number of aliphatic hydroxyl groups is 1. The molecule has 0 aliphatic heterocycles. The highest BCUT2D eigenvalue weighted by atomic mass is 19.1. The van der Waals surface area contributed by atoms with Gasteiger partial charge in [0.1, 0.15) is 5.82 Å². The van der Waals surface area contributed by atoms with Crippen LogP contribution in [-0.4, -0.2) is 23.7 Å². The Morgan fingerprint density at radius 1 is 1.28 bits per heavy atom. The first kappa shape index (κ1) is 12.5. The van der Waals surface area contributed by atoms with E-state index < -0.39 is 0 Å². The lowest BCUT2D eigenvalue weighted by atomic mass is 10.0. The zero-order chi connectivity index (χ0) is 13.1. The maximum atomic E-state index is 13.6. The van der Waals surface area contributed by atoms with Gasteiger partial charge in [-0.3, -0.25) is 4.79 Å². The van der Waals surface area contributed by atoms with E-state index in [1.54, 1.807) is 31.2 Å². The molecule has 0 saturated carbocycles. The van der Waals surface area contributed by atoms with Gasteiger partial charge in [0.2, 0.25) is 0 Å². The summed E-state index contributed by atoms with van der Waals surface area (Å²) in [7, 11) is 0. The van der Waals surface area contributed by atoms with Gasteiger partial charge in [0.05, 0.1) is 6.61 Å². The molecule has 4 heteroatoms. The SMILES string of the molecule is C[C@H](CO)NC(=O)c1ccc(F)c2ccccc12. The predicted octanol–water partition coefficient (Wildman–Crippen LogP) is 2.09. The molecule has 0 aliphatic rings. The van der Waals surface area contributed by atoms with Crippen molar-refractivity contribution in [3.05, 3.63) is 47.8 Å². The summed E-state index contributed by atoms with van der Waals surface area (Å²) in [6.07, 6.45) is 0. The number of benzene rings is 2. The van der Waals surface area contributed by atoms with E-state index in [2.05, 4.69) is 5.32 Å². The molecule has 0 saturated heterocycles. The number of amides is 1. The number of hydrogen-bond donors (Lipinski definition) is 2. The standard InChI is InChI=1S/C14H14FNO2/c1-9(8-17)16-14(18)12-6-7-13(15)11-5-3-2-4-10(11)12/h2-7,9,17H,8H2,1H3,(H,16,18)/t9-/m1/s1. The Balaban J connectivity index is 2.45. The van der Waals surface area contributed by atoms with Gasteiger partial charge in [0, 0.05) is 17.0 Å². The summed E-state index contributed by atoms with van der Waals surface area (Å²) in [6.45, 7) is 1.56. The van der Waals surface area contributed by atoms with Crippen molar-refractivity contribution in [3.63, 3.8) is 0 Å². The van der Waals surface area contributed by atoms with Gasteiger partial charge in [0.15, 0.2) is 0 Å². The molecular weight excluding hydrogens is 233 g/mol. The van der Waals surface area contributed by atoms with Crippen molar-refractivity contribution in [1.82, 2.24) is 5.32 Å². The van der Waals surface area contributed by atoms with Crippen LogP contribution < -0.4 is 5.32 Å². The minimum absolute atomic E-state index is 0.134. The summed E-state index contributed by atoms with van der Waals surface area (Å²) in [5, 5.41) is 12.5. The molecule has 0 aromatic heterocycles. The molecule has 18 heavy (non-hydrogen) atoms. The molecule has 0 unspecified atom stereocenters. The van der Waals surface area contributed by atoms with E-state index in [-0.39, 0.29) is 24.4 Å². The van der Waals surface area contributed by atoms with Gasteiger partial charge in [0.25, 0.3) is 5.91 Å². The van der Waals surface area contributed by atoms with Crippen molar-refractivity contribution < 1.29 is 14.3 Å². The van der Waals surface area contributed by atoms with E-state index in [0.29, 0.717) is 16.3 Å². The number of hydrogen-bond acceptors (Lipinski definition) is 2. The first-order chi connectivity index (χ1) is 8.63. The normalized spacial score (nSPS) is 12.4. The van der Waals surface area contributed by atoms with Crippen LogP contribution in [0.15, 0.2) is 36.4 Å². The molecule has 0 spiro atoms. The van der Waals surface area contributed by atoms with Crippen LogP contribution in [-0.2, 0) is 0 Å². The van der Waals surface area contributed by atoms with E-state index in [0.717, 1.165) is 0 Å². The zero-order valence-corrected chi connectivity index (χ0v) is 9.98. The lowest BCUT2D eigenvalue weighted by Gasteiger charge is -2.12. The number of halogens is 1. The van der Waals surface area contributed by atoms with Crippen molar-refractivity contribution >= 4 is 16.7 Å². The molecule has 0 bridgehead atoms. The molecule has 3 nitrogen and oxygen atoms in total. The molecule has 1 amide bonds. The van der Waals surface area contributed by atoms with E-state index >= 15 is 0 Å². The Hall–Kier alpha value is -1.94. The van der Waals surface area contributed by atoms with E-state index in [1.165, 1.54) is 12.1 Å². The molecular formula is C14H14FNO2. The average molecular weight is 247 g/mol. The third-order valence-corrected chi connectivity index (χ3v) is 2.77. The molecule has 1 atom stereocenters. The van der Waals surface area contributed by atoms with Crippen LogP contribution in [0.4, 0.5) is 4.39 Å². The van der Waals surface area contributed by atoms with Gasteiger partial charge in [-0.05, 0) is 24.4 Å². The fourth-order valence-electron chi connectivity index (χ4n) is 1.81. The number of carbonyl (C=O) groups is 1. The lowest BCUT2D eigenvalue weighted by molar-refractivity contribution is 0.0924. The second-order valence-corrected chi connectivity index (χ2v) is 4.20. The first-order valence-corrected chi connectivity index (χ1v) is 5.72. The Morgan fingerprint density at radius 3 is 2.61 bits per heavy atom. The van der Waals surface area contributed by atoms with Gasteiger partial charge in [-0.25, -0.2) is 4.39 Å². The fourth-order valence-corrected chi connectivity index (χ4v) is 1.81. The maximum absolute atomic E-state index is 13.6. The minimum atomic E-state index is -0.350. The fraction of sp³-hybridized carbons (Fsp3) is 0.214. The monoisotopic (exact) mass is 247 g/mol. The zero-order valence-electron chi connectivity index (χ0n) is 9.98. The van der Waals surface area contributed by atoms with Crippen LogP contribution in [0.3, 0.4) is 0 Å². The van der Waals surface area contributed by atoms with Crippen molar-refractivity contribution in [2.45, 2.75) is 13.0 Å². The topological polar surface area (TPSA) is 49.3 Å². The molecule has 2 N–H and O–H groups in total. The second kappa shape index (κ2) is 5.14. The summed E-state index contributed by atoms with van der Waals surface area (Å²) in [5.74, 6) is -0.662. The molecule has 0 fully saturated rings. The Labute approximate surface area is 104 Å². The average Bonchev–Trinajstić information content (AvgIpc) is 2.39. The predicted molar refractivity (Wildman–Crippen MR) is 67.9 cm³/mol. The first-order valence-electron chi connectivity index (χ1n) is 5.72. The highest BCUT2D eigenvalue weighted by molar-refractivity contribution is 6.07. The highest BCUT2D eigenvalue weighted by Gasteiger charge is 2.13. The van der Waals surface area contributed by atoms with Gasteiger partial charge in [-0.15, -0.1) is 0 Å². The lowest BCUT2D eigenvalue weighted by Crippen LogP contribution is -2.35. The van der Waals surface area contributed by atoms with Gasteiger partial charge < -0.3 is 10.4 Å². The number of rotatable bonds is 3. The van der Waals surface area contributed by atoms with Gasteiger partial charge in [-0.2, -0.15) is 0 Å². The van der Waals surface area contributed by atoms with Crippen LogP contribution in [0.5, 0.6) is 0 Å². The summed E-state index contributed by atoms with van der Waals surface area (Å²) < 4.78 is 13.6. The Bertz CT molecular complexity index is 583. The van der Waals surface area contributed by atoms with Crippen molar-refractivity contribution in [2.24, 2.45) is 0 Å². The van der Waals surface area contributed by atoms with E-state index in [4.69, 9.17) is 5.11 Å². The second-order valence-electron chi connectivity index (χ2n) is 4.20. The largest absolute Gasteiger partial charge is 0.394 e. The quantitative estimate of drug-likeness (QED) is 0.872. The van der Waals surface area contributed by atoms with Crippen molar-refractivity contribution in [2.75, 3.05) is 6.61 Å². The summed E-state index contributed by atoms with van der Waals surface area (Å²) in [6, 6.07) is 9.23. The number of aliphatic hydroxyl groups excluding tert-OH is 1. The summed E-state index contributed by atoms with van der Waals surface area (Å²) in [4.78, 5) is 12.0. The molecule has 2 rings (SSSR count). The highest BCUT2D eigenvalue weighted by Crippen LogP contribution is 2.21. The third-order valence-electron chi connectivity index (χ3n) is 2.77. The molecule has 2 aromatic carbocycles. The van der Waals surface area contributed by atoms with E-state index in [9.17, 15) is 9.18 Å². The molecule has 94 valence electrons. The van der Waals surface area contributed by atoms with Crippen molar-refractivity contribution in [1.29, 1.82) is 0 Å². The van der Waals surface area contributed by atoms with Crippen LogP contribution in [0.1, 0.15) is 17.3 Å². The Morgan fingerprint density at radius 2 is 1.94 bits per heavy atom. The number of nitrogens with one attached hydrogen (secondary N) is 1. The molecule has 2 aromatic rings. The van der Waals surface area contributed by atoms with Crippen LogP contribution >= 0.6 is 0 Å². The van der Waals surface area contributed by atoms with Crippen LogP contribution in [0.2, 0.25) is 0 Å². The minimum Gasteiger partial charge on any atom is -0.394 e. The summed E-state index contributed by atoms with van der Waals surface area (Å²) >= 11 is 0. The Kier molecular flexibility index (Phi) is 3.58. The smallest absolute Gasteiger partial charge is 0.252 e. The van der Waals surface area contributed by atoms with Crippen molar-refractivity contribution in [3.8, 4) is 0 Å². The van der Waals surface area contributed by atoms with Crippen LogP contribution in [0.25, 0.3) is 10.8 Å². The molecule has 0 radical (unpaired) electrons. The maximum Gasteiger partial charge on any atom is 0.252 e.